The van der Waals surface area contributed by atoms with E-state index in [0.29, 0.717) is 18.6 Å². The molecule has 178 valence electrons. The van der Waals surface area contributed by atoms with Crippen LogP contribution in [0, 0.1) is 0 Å². The van der Waals surface area contributed by atoms with Crippen molar-refractivity contribution in [1.29, 1.82) is 0 Å². The van der Waals surface area contributed by atoms with Crippen molar-refractivity contribution in [3.05, 3.63) is 78.0 Å². The molecular weight excluding hydrogens is 447 g/mol. The van der Waals surface area contributed by atoms with Gasteiger partial charge in [-0.1, -0.05) is 51.1 Å². The van der Waals surface area contributed by atoms with Crippen LogP contribution in [-0.2, 0) is 17.0 Å². The minimum atomic E-state index is -4.58. The van der Waals surface area contributed by atoms with E-state index in [1.807, 2.05) is 54.6 Å². The maximum absolute atomic E-state index is 13.1. The molecule has 0 aliphatic carbocycles. The van der Waals surface area contributed by atoms with E-state index in [2.05, 4.69) is 38.8 Å². The molecule has 0 N–H and O–H groups in total. The van der Waals surface area contributed by atoms with Gasteiger partial charge in [-0.2, -0.15) is 13.2 Å². The van der Waals surface area contributed by atoms with Crippen LogP contribution in [0.5, 0.6) is 11.5 Å². The van der Waals surface area contributed by atoms with E-state index in [0.717, 1.165) is 17.5 Å². The van der Waals surface area contributed by atoms with Crippen LogP contribution in [0.2, 0.25) is 18.1 Å². The van der Waals surface area contributed by atoms with Crippen LogP contribution in [0.4, 0.5) is 13.2 Å². The molecule has 0 aliphatic heterocycles. The van der Waals surface area contributed by atoms with E-state index in [1.54, 1.807) is 0 Å². The monoisotopic (exact) mass is 477 g/mol. The first-order valence-corrected chi connectivity index (χ1v) is 13.8. The molecule has 4 nitrogen and oxygen atoms in total. The van der Waals surface area contributed by atoms with E-state index in [9.17, 15) is 13.2 Å². The van der Waals surface area contributed by atoms with Gasteiger partial charge >= 0.3 is 6.18 Å². The summed E-state index contributed by atoms with van der Waals surface area (Å²) in [5.41, 5.74) is 1.02. The van der Waals surface area contributed by atoms with Crippen LogP contribution in [0.3, 0.4) is 0 Å². The van der Waals surface area contributed by atoms with Crippen LogP contribution in [-0.4, -0.2) is 13.3 Å². The lowest BCUT2D eigenvalue weighted by atomic mass is 10.1. The molecule has 1 atom stereocenters. The Labute approximate surface area is 193 Å². The number of benzene rings is 2. The van der Waals surface area contributed by atoms with Gasteiger partial charge in [0.2, 0.25) is 11.7 Å². The summed E-state index contributed by atoms with van der Waals surface area (Å²) < 4.78 is 56.5. The van der Waals surface area contributed by atoms with Gasteiger partial charge < -0.3 is 13.6 Å². The summed E-state index contributed by atoms with van der Waals surface area (Å²) in [6.45, 7) is 10.4. The smallest absolute Gasteiger partial charge is 0.451 e. The van der Waals surface area contributed by atoms with Crippen LogP contribution < -0.4 is 4.74 Å². The average Bonchev–Trinajstić information content (AvgIpc) is 3.23. The van der Waals surface area contributed by atoms with Gasteiger partial charge in [-0.25, -0.2) is 4.98 Å². The van der Waals surface area contributed by atoms with E-state index >= 15 is 0 Å². The molecule has 8 heteroatoms. The Morgan fingerprint density at radius 3 is 2.09 bits per heavy atom. The van der Waals surface area contributed by atoms with E-state index in [1.165, 1.54) is 0 Å². The third-order valence-electron chi connectivity index (χ3n) is 5.92. The van der Waals surface area contributed by atoms with Gasteiger partial charge in [0.25, 0.3) is 0 Å². The van der Waals surface area contributed by atoms with Crippen LogP contribution in [0.15, 0.2) is 65.2 Å². The number of halogens is 3. The van der Waals surface area contributed by atoms with Gasteiger partial charge in [0, 0.05) is 0 Å². The highest BCUT2D eigenvalue weighted by Gasteiger charge is 2.41. The number of hydrogen-bond acceptors (Lipinski definition) is 4. The highest BCUT2D eigenvalue weighted by molar-refractivity contribution is 6.74. The fourth-order valence-electron chi connectivity index (χ4n) is 2.98. The summed E-state index contributed by atoms with van der Waals surface area (Å²) in [5.74, 6) is 0.318. The molecule has 3 aromatic rings. The first-order valence-electron chi connectivity index (χ1n) is 10.9. The minimum absolute atomic E-state index is 0.0313. The fraction of sp³-hybridized carbons (Fsp3) is 0.400. The van der Waals surface area contributed by atoms with Crippen LogP contribution in [0.1, 0.15) is 50.5 Å². The Morgan fingerprint density at radius 1 is 0.939 bits per heavy atom. The molecule has 3 rings (SSSR count). The first-order chi connectivity index (χ1) is 15.3. The maximum Gasteiger partial charge on any atom is 0.451 e. The Bertz CT molecular complexity index is 1030. The molecule has 0 bridgehead atoms. The molecule has 0 saturated heterocycles. The first kappa shape index (κ1) is 25.0. The third-order valence-corrected chi connectivity index (χ3v) is 10.4. The van der Waals surface area contributed by atoms with Crippen molar-refractivity contribution in [3.8, 4) is 11.5 Å². The third kappa shape index (κ3) is 6.71. The SMILES string of the molecule is CC(C)(C)[Si](C)(C)OC(CCc1ccc(Oc2ccccc2)cc1)c1ncc(C(F)(F)F)o1. The molecule has 0 amide bonds. The van der Waals surface area contributed by atoms with Crippen molar-refractivity contribution < 1.29 is 26.8 Å². The second-order valence-electron chi connectivity index (χ2n) is 9.53. The lowest BCUT2D eigenvalue weighted by molar-refractivity contribution is -0.153. The maximum atomic E-state index is 13.1. The molecule has 1 aromatic heterocycles. The minimum Gasteiger partial charge on any atom is -0.457 e. The lowest BCUT2D eigenvalue weighted by Crippen LogP contribution is -2.42. The van der Waals surface area contributed by atoms with Gasteiger partial charge in [0.1, 0.15) is 17.6 Å². The Hall–Kier alpha value is -2.58. The number of oxazole rings is 1. The summed E-state index contributed by atoms with van der Waals surface area (Å²) >= 11 is 0. The second kappa shape index (κ2) is 9.73. The average molecular weight is 478 g/mol. The summed E-state index contributed by atoms with van der Waals surface area (Å²) in [6, 6.07) is 17.1. The van der Waals surface area contributed by atoms with Crippen molar-refractivity contribution in [2.75, 3.05) is 0 Å². The van der Waals surface area contributed by atoms with Gasteiger partial charge in [0.15, 0.2) is 8.32 Å². The van der Waals surface area contributed by atoms with Crippen molar-refractivity contribution >= 4 is 8.32 Å². The summed E-state index contributed by atoms with van der Waals surface area (Å²) in [5, 5.41) is -0.110. The van der Waals surface area contributed by atoms with Gasteiger partial charge in [-0.3, -0.25) is 0 Å². The van der Waals surface area contributed by atoms with Crippen LogP contribution in [0.25, 0.3) is 0 Å². The predicted octanol–water partition coefficient (Wildman–Crippen LogP) is 8.18. The second-order valence-corrected chi connectivity index (χ2v) is 14.3. The van der Waals surface area contributed by atoms with Gasteiger partial charge in [-0.05, 0) is 60.8 Å². The zero-order valence-corrected chi connectivity index (χ0v) is 20.6. The molecule has 2 aromatic carbocycles. The highest BCUT2D eigenvalue weighted by atomic mass is 28.4. The van der Waals surface area contributed by atoms with E-state index in [-0.39, 0.29) is 10.9 Å². The molecule has 1 unspecified atom stereocenters. The topological polar surface area (TPSA) is 44.5 Å². The van der Waals surface area contributed by atoms with Crippen molar-refractivity contribution in [2.24, 2.45) is 0 Å². The number of ether oxygens (including phenoxy) is 1. The van der Waals surface area contributed by atoms with Crippen molar-refractivity contribution in [2.45, 2.75) is 64.0 Å². The number of rotatable bonds is 8. The predicted molar refractivity (Wildman–Crippen MR) is 124 cm³/mol. The number of nitrogens with zero attached hydrogens (tertiary/aromatic N) is 1. The molecule has 1 heterocycles. The fourth-order valence-corrected chi connectivity index (χ4v) is 4.26. The van der Waals surface area contributed by atoms with Crippen molar-refractivity contribution in [1.82, 2.24) is 4.98 Å². The largest absolute Gasteiger partial charge is 0.457 e. The summed E-state index contributed by atoms with van der Waals surface area (Å²) in [6.07, 6.45) is -3.48. The number of hydrogen-bond donors (Lipinski definition) is 0. The number of para-hydroxylation sites is 1. The summed E-state index contributed by atoms with van der Waals surface area (Å²) in [7, 11) is -2.28. The zero-order chi connectivity index (χ0) is 24.3. The van der Waals surface area contributed by atoms with Crippen molar-refractivity contribution in [3.63, 3.8) is 0 Å². The highest BCUT2D eigenvalue weighted by Crippen LogP contribution is 2.41. The van der Waals surface area contributed by atoms with E-state index < -0.39 is 26.4 Å². The van der Waals surface area contributed by atoms with Gasteiger partial charge in [-0.15, -0.1) is 0 Å². The Morgan fingerprint density at radius 2 is 1.55 bits per heavy atom. The molecule has 33 heavy (non-hydrogen) atoms. The number of alkyl halides is 3. The standard InChI is InChI=1S/C25H30F3NO3Si/c1-24(2,3)33(4,5)32-21(23-29-17-22(31-23)25(26,27)28)16-13-18-11-14-20(15-12-18)30-19-9-7-6-8-10-19/h6-12,14-15,17,21H,13,16H2,1-5H3. The Kier molecular flexibility index (Phi) is 7.38. The zero-order valence-electron chi connectivity index (χ0n) is 19.6. The number of aromatic nitrogens is 1. The molecule has 0 radical (unpaired) electrons. The molecule has 0 spiro atoms. The summed E-state index contributed by atoms with van der Waals surface area (Å²) in [4.78, 5) is 3.91. The molecule has 0 saturated carbocycles. The molecule has 0 aliphatic rings. The Balaban J connectivity index is 1.74. The number of aryl methyl sites for hydroxylation is 1. The molecular formula is C25H30F3NO3Si. The normalized spacial score (nSPS) is 13.7. The van der Waals surface area contributed by atoms with Crippen LogP contribution >= 0.6 is 0 Å². The molecule has 0 fully saturated rings. The lowest BCUT2D eigenvalue weighted by Gasteiger charge is -2.38. The van der Waals surface area contributed by atoms with E-state index in [4.69, 9.17) is 13.6 Å². The quantitative estimate of drug-likeness (QED) is 0.307. The van der Waals surface area contributed by atoms with Gasteiger partial charge in [0.05, 0.1) is 6.20 Å².